The standard InChI is InChI=1S/C26H27F2N5O3/c1-35-18-7-5-6-17(14-18)29-26(34)33-13-10-23-20(16-33)24(36-19-8-9-21(27)22(28)15-19)31-25(30-23)32-11-3-2-4-12-32/h5-9,14-15H,2-4,10-13,16H2,1H3,(H,29,34). The van der Waals surface area contributed by atoms with Gasteiger partial charge in [0.2, 0.25) is 11.8 Å². The van der Waals surface area contributed by atoms with Gasteiger partial charge in [0, 0.05) is 43.9 Å². The molecule has 2 amide bonds. The SMILES string of the molecule is COc1cccc(NC(=O)N2CCc3nc(N4CCCCC4)nc(Oc4ccc(F)c(F)c4)c3C2)c1. The number of fused-ring (bicyclic) bond motifs is 1. The molecule has 1 saturated heterocycles. The molecule has 3 heterocycles. The molecule has 1 aromatic heterocycles. The predicted molar refractivity (Wildman–Crippen MR) is 131 cm³/mol. The summed E-state index contributed by atoms with van der Waals surface area (Å²) in [6.45, 7) is 2.37. The number of nitrogens with one attached hydrogen (secondary N) is 1. The lowest BCUT2D eigenvalue weighted by Gasteiger charge is -2.32. The molecule has 1 fully saturated rings. The van der Waals surface area contributed by atoms with Crippen molar-refractivity contribution in [3.63, 3.8) is 0 Å². The maximum Gasteiger partial charge on any atom is 0.322 e. The van der Waals surface area contributed by atoms with Gasteiger partial charge in [-0.05, 0) is 43.5 Å². The van der Waals surface area contributed by atoms with Gasteiger partial charge in [-0.15, -0.1) is 0 Å². The Balaban J connectivity index is 1.42. The molecule has 1 N–H and O–H groups in total. The molecule has 8 nitrogen and oxygen atoms in total. The Kier molecular flexibility index (Phi) is 6.84. The van der Waals surface area contributed by atoms with E-state index in [1.165, 1.54) is 6.07 Å². The number of rotatable bonds is 5. The van der Waals surface area contributed by atoms with Crippen LogP contribution in [0.1, 0.15) is 30.5 Å². The molecule has 0 spiro atoms. The summed E-state index contributed by atoms with van der Waals surface area (Å²) in [6, 6.07) is 10.2. The number of carbonyl (C=O) groups excluding carboxylic acids is 1. The first kappa shape index (κ1) is 23.8. The minimum atomic E-state index is -1.01. The second-order valence-electron chi connectivity index (χ2n) is 8.81. The van der Waals surface area contributed by atoms with Crippen LogP contribution in [0, 0.1) is 11.6 Å². The molecule has 2 aliphatic rings. The van der Waals surface area contributed by atoms with Crippen LogP contribution in [-0.2, 0) is 13.0 Å². The lowest BCUT2D eigenvalue weighted by molar-refractivity contribution is 0.205. The van der Waals surface area contributed by atoms with Crippen LogP contribution in [0.15, 0.2) is 42.5 Å². The van der Waals surface area contributed by atoms with E-state index >= 15 is 0 Å². The molecule has 3 aromatic rings. The van der Waals surface area contributed by atoms with Crippen molar-refractivity contribution in [1.29, 1.82) is 0 Å². The molecule has 0 saturated carbocycles. The van der Waals surface area contributed by atoms with Gasteiger partial charge >= 0.3 is 6.03 Å². The molecule has 0 aliphatic carbocycles. The predicted octanol–water partition coefficient (Wildman–Crippen LogP) is 5.14. The van der Waals surface area contributed by atoms with Gasteiger partial charge in [0.05, 0.1) is 24.9 Å². The Bertz CT molecular complexity index is 1270. The first-order chi connectivity index (χ1) is 17.5. The maximum atomic E-state index is 13.9. The summed E-state index contributed by atoms with van der Waals surface area (Å²) < 4.78 is 38.5. The monoisotopic (exact) mass is 495 g/mol. The number of benzene rings is 2. The van der Waals surface area contributed by atoms with E-state index in [4.69, 9.17) is 14.5 Å². The van der Waals surface area contributed by atoms with Crippen LogP contribution in [0.3, 0.4) is 0 Å². The summed E-state index contributed by atoms with van der Waals surface area (Å²) in [5, 5.41) is 2.89. The Labute approximate surface area is 207 Å². The Morgan fingerprint density at radius 3 is 2.58 bits per heavy atom. The van der Waals surface area contributed by atoms with Crippen LogP contribution >= 0.6 is 0 Å². The van der Waals surface area contributed by atoms with Crippen LogP contribution in [-0.4, -0.2) is 47.6 Å². The third kappa shape index (κ3) is 5.17. The van der Waals surface area contributed by atoms with Gasteiger partial charge < -0.3 is 24.6 Å². The number of anilines is 2. The lowest BCUT2D eigenvalue weighted by atomic mass is 10.1. The van der Waals surface area contributed by atoms with E-state index in [-0.39, 0.29) is 24.2 Å². The summed E-state index contributed by atoms with van der Waals surface area (Å²) >= 11 is 0. The van der Waals surface area contributed by atoms with Crippen molar-refractivity contribution in [1.82, 2.24) is 14.9 Å². The highest BCUT2D eigenvalue weighted by Gasteiger charge is 2.28. The zero-order valence-corrected chi connectivity index (χ0v) is 20.0. The molecule has 0 unspecified atom stereocenters. The van der Waals surface area contributed by atoms with E-state index in [1.807, 2.05) is 0 Å². The van der Waals surface area contributed by atoms with Crippen molar-refractivity contribution in [2.75, 3.05) is 37.0 Å². The van der Waals surface area contributed by atoms with E-state index in [1.54, 1.807) is 36.3 Å². The third-order valence-corrected chi connectivity index (χ3v) is 6.36. The van der Waals surface area contributed by atoms with Crippen molar-refractivity contribution < 1.29 is 23.0 Å². The summed E-state index contributed by atoms with van der Waals surface area (Å²) in [7, 11) is 1.56. The molecule has 5 rings (SSSR count). The maximum absolute atomic E-state index is 13.9. The van der Waals surface area contributed by atoms with Gasteiger partial charge in [0.25, 0.3) is 0 Å². The number of nitrogens with zero attached hydrogens (tertiary/aromatic N) is 4. The first-order valence-electron chi connectivity index (χ1n) is 12.0. The highest BCUT2D eigenvalue weighted by molar-refractivity contribution is 5.89. The highest BCUT2D eigenvalue weighted by Crippen LogP contribution is 2.33. The van der Waals surface area contributed by atoms with Crippen LogP contribution < -0.4 is 19.7 Å². The topological polar surface area (TPSA) is 79.8 Å². The van der Waals surface area contributed by atoms with Gasteiger partial charge in [-0.1, -0.05) is 6.07 Å². The third-order valence-electron chi connectivity index (χ3n) is 6.36. The molecule has 36 heavy (non-hydrogen) atoms. The fraction of sp³-hybridized carbons (Fsp3) is 0.346. The fourth-order valence-corrected chi connectivity index (χ4v) is 4.42. The average Bonchev–Trinajstić information content (AvgIpc) is 2.91. The zero-order chi connectivity index (χ0) is 25.1. The smallest absolute Gasteiger partial charge is 0.322 e. The first-order valence-corrected chi connectivity index (χ1v) is 12.0. The molecular formula is C26H27F2N5O3. The van der Waals surface area contributed by atoms with E-state index in [9.17, 15) is 13.6 Å². The number of carbonyl (C=O) groups is 1. The Morgan fingerprint density at radius 2 is 1.81 bits per heavy atom. The minimum absolute atomic E-state index is 0.123. The summed E-state index contributed by atoms with van der Waals surface area (Å²) in [5.74, 6) is -0.409. The number of urea groups is 1. The number of halogens is 2. The largest absolute Gasteiger partial charge is 0.497 e. The number of hydrogen-bond acceptors (Lipinski definition) is 6. The molecule has 0 radical (unpaired) electrons. The van der Waals surface area contributed by atoms with E-state index in [2.05, 4.69) is 15.2 Å². The van der Waals surface area contributed by atoms with Crippen LogP contribution in [0.5, 0.6) is 17.4 Å². The van der Waals surface area contributed by atoms with Crippen molar-refractivity contribution in [2.24, 2.45) is 0 Å². The quantitative estimate of drug-likeness (QED) is 0.528. The summed E-state index contributed by atoms with van der Waals surface area (Å²) in [4.78, 5) is 26.2. The number of ether oxygens (including phenoxy) is 2. The molecule has 2 aromatic carbocycles. The number of hydrogen-bond donors (Lipinski definition) is 1. The van der Waals surface area contributed by atoms with E-state index < -0.39 is 11.6 Å². The number of piperidine rings is 1. The summed E-state index contributed by atoms with van der Waals surface area (Å²) in [6.07, 6.45) is 3.78. The van der Waals surface area contributed by atoms with Gasteiger partial charge in [-0.2, -0.15) is 4.98 Å². The van der Waals surface area contributed by atoms with Crippen molar-refractivity contribution in [3.05, 3.63) is 65.4 Å². The van der Waals surface area contributed by atoms with Gasteiger partial charge in [0.15, 0.2) is 11.6 Å². The molecule has 2 aliphatic heterocycles. The van der Waals surface area contributed by atoms with Crippen molar-refractivity contribution in [2.45, 2.75) is 32.2 Å². The second-order valence-corrected chi connectivity index (χ2v) is 8.81. The van der Waals surface area contributed by atoms with E-state index in [0.717, 1.165) is 50.2 Å². The average molecular weight is 496 g/mol. The van der Waals surface area contributed by atoms with Gasteiger partial charge in [-0.25, -0.2) is 18.6 Å². The number of amides is 2. The van der Waals surface area contributed by atoms with Crippen molar-refractivity contribution >= 4 is 17.7 Å². The molecule has 188 valence electrons. The summed E-state index contributed by atoms with van der Waals surface area (Å²) in [5.41, 5.74) is 2.04. The lowest BCUT2D eigenvalue weighted by Crippen LogP contribution is -2.40. The second kappa shape index (κ2) is 10.3. The molecule has 0 bridgehead atoms. The molecule has 0 atom stereocenters. The molecule has 10 heteroatoms. The zero-order valence-electron chi connectivity index (χ0n) is 20.0. The van der Waals surface area contributed by atoms with Gasteiger partial charge in [0.1, 0.15) is 11.5 Å². The Morgan fingerprint density at radius 1 is 0.972 bits per heavy atom. The van der Waals surface area contributed by atoms with Crippen molar-refractivity contribution in [3.8, 4) is 17.4 Å². The number of methoxy groups -OCH3 is 1. The van der Waals surface area contributed by atoms with Crippen LogP contribution in [0.2, 0.25) is 0 Å². The Hall–Kier alpha value is -3.95. The number of aromatic nitrogens is 2. The van der Waals surface area contributed by atoms with E-state index in [0.29, 0.717) is 35.9 Å². The van der Waals surface area contributed by atoms with Crippen LogP contribution in [0.4, 0.5) is 25.2 Å². The van der Waals surface area contributed by atoms with Crippen LogP contribution in [0.25, 0.3) is 0 Å². The highest BCUT2D eigenvalue weighted by atomic mass is 19.2. The minimum Gasteiger partial charge on any atom is -0.497 e. The normalized spacial score (nSPS) is 15.3. The molecular weight excluding hydrogens is 468 g/mol. The fourth-order valence-electron chi connectivity index (χ4n) is 4.42. The van der Waals surface area contributed by atoms with Gasteiger partial charge in [-0.3, -0.25) is 0 Å².